The van der Waals surface area contributed by atoms with E-state index in [0.717, 1.165) is 28.7 Å². The van der Waals surface area contributed by atoms with Gasteiger partial charge in [-0.2, -0.15) is 0 Å². The Balaban J connectivity index is 2.14. The van der Waals surface area contributed by atoms with Crippen molar-refractivity contribution >= 4 is 8.32 Å². The zero-order valence-corrected chi connectivity index (χ0v) is 25.2. The highest BCUT2D eigenvalue weighted by Gasteiger charge is 2.44. The smallest absolute Gasteiger partial charge is 0.231 e. The molecule has 0 radical (unpaired) electrons. The second-order valence-corrected chi connectivity index (χ2v) is 16.4. The minimum absolute atomic E-state index is 0.0424. The lowest BCUT2D eigenvalue weighted by Gasteiger charge is -2.43. The molecule has 2 aromatic rings. The van der Waals surface area contributed by atoms with Gasteiger partial charge in [-0.3, -0.25) is 0 Å². The molecule has 0 fully saturated rings. The first-order chi connectivity index (χ1) is 17.4. The average molecular weight is 531 g/mol. The fourth-order valence-corrected chi connectivity index (χ4v) is 6.46. The predicted octanol–water partition coefficient (Wildman–Crippen LogP) is 7.01. The van der Waals surface area contributed by atoms with Gasteiger partial charge in [0.25, 0.3) is 0 Å². The Labute approximate surface area is 222 Å². The van der Waals surface area contributed by atoms with Crippen LogP contribution in [-0.4, -0.2) is 43.5 Å². The monoisotopic (exact) mass is 530 g/mol. The topological polar surface area (TPSA) is 64.6 Å². The second kappa shape index (κ2) is 9.95. The molecule has 2 aromatic carbocycles. The van der Waals surface area contributed by atoms with Crippen LogP contribution in [0.2, 0.25) is 18.1 Å². The molecule has 0 saturated heterocycles. The molecule has 7 nitrogen and oxygen atoms in total. The third-order valence-electron chi connectivity index (χ3n) is 8.47. The van der Waals surface area contributed by atoms with E-state index in [-0.39, 0.29) is 23.9 Å². The van der Waals surface area contributed by atoms with Gasteiger partial charge in [-0.15, -0.1) is 0 Å². The van der Waals surface area contributed by atoms with E-state index in [1.54, 1.807) is 28.4 Å². The third kappa shape index (κ3) is 4.52. The number of hydrogen-bond donors (Lipinski definition) is 0. The number of ether oxygens (including phenoxy) is 6. The van der Waals surface area contributed by atoms with Crippen molar-refractivity contribution in [2.45, 2.75) is 65.3 Å². The summed E-state index contributed by atoms with van der Waals surface area (Å²) < 4.78 is 42.7. The molecule has 0 amide bonds. The molecule has 37 heavy (non-hydrogen) atoms. The summed E-state index contributed by atoms with van der Waals surface area (Å²) in [6.45, 7) is 16.1. The van der Waals surface area contributed by atoms with E-state index in [2.05, 4.69) is 59.8 Å². The standard InChI is InChI=1S/C29H42O7Si/c1-16-12-18-13-21-26(35-15-34-21)27(32-8)22(18)23-19(14-20(30-6)25(31-7)28(23)33-9)24(17(16)2)36-37(10,11)29(3,4)5/h13-14,16-17,24H,12,15H2,1-11H3/t16-,17-,24-/m0/s1. The first-order valence-electron chi connectivity index (χ1n) is 12.9. The van der Waals surface area contributed by atoms with Crippen molar-refractivity contribution in [3.8, 4) is 45.6 Å². The second-order valence-electron chi connectivity index (χ2n) is 11.6. The molecule has 0 aromatic heterocycles. The summed E-state index contributed by atoms with van der Waals surface area (Å²) in [5.41, 5.74) is 3.91. The lowest BCUT2D eigenvalue weighted by atomic mass is 9.76. The van der Waals surface area contributed by atoms with Crippen molar-refractivity contribution in [2.75, 3.05) is 35.2 Å². The van der Waals surface area contributed by atoms with Crippen molar-refractivity contribution in [1.29, 1.82) is 0 Å². The Morgan fingerprint density at radius 3 is 2.05 bits per heavy atom. The van der Waals surface area contributed by atoms with Crippen LogP contribution < -0.4 is 28.4 Å². The Morgan fingerprint density at radius 1 is 0.838 bits per heavy atom. The molecule has 4 rings (SSSR count). The highest BCUT2D eigenvalue weighted by molar-refractivity contribution is 6.74. The Bertz CT molecular complexity index is 1170. The van der Waals surface area contributed by atoms with Gasteiger partial charge in [0, 0.05) is 11.1 Å². The summed E-state index contributed by atoms with van der Waals surface area (Å²) in [5, 5.41) is 0.0424. The van der Waals surface area contributed by atoms with E-state index in [4.69, 9.17) is 32.8 Å². The van der Waals surface area contributed by atoms with E-state index in [9.17, 15) is 0 Å². The van der Waals surface area contributed by atoms with Crippen molar-refractivity contribution in [3.63, 3.8) is 0 Å². The molecular formula is C29H42O7Si. The fourth-order valence-electron chi connectivity index (χ4n) is 5.13. The van der Waals surface area contributed by atoms with Crippen LogP contribution in [-0.2, 0) is 10.8 Å². The molecule has 8 heteroatoms. The van der Waals surface area contributed by atoms with Crippen molar-refractivity contribution in [3.05, 3.63) is 23.3 Å². The maximum atomic E-state index is 7.23. The van der Waals surface area contributed by atoms with Crippen LogP contribution >= 0.6 is 0 Å². The van der Waals surface area contributed by atoms with Gasteiger partial charge in [-0.05, 0) is 59.6 Å². The van der Waals surface area contributed by atoms with Gasteiger partial charge >= 0.3 is 0 Å². The molecule has 1 heterocycles. The molecule has 0 saturated carbocycles. The van der Waals surface area contributed by atoms with Crippen LogP contribution in [0.15, 0.2) is 12.1 Å². The van der Waals surface area contributed by atoms with Crippen molar-refractivity contribution in [1.82, 2.24) is 0 Å². The molecule has 204 valence electrons. The fraction of sp³-hybridized carbons (Fsp3) is 0.586. The maximum Gasteiger partial charge on any atom is 0.231 e. The summed E-state index contributed by atoms with van der Waals surface area (Å²) in [6.07, 6.45) is 0.625. The number of methoxy groups -OCH3 is 4. The van der Waals surface area contributed by atoms with E-state index < -0.39 is 8.32 Å². The molecule has 2 aliphatic rings. The molecular weight excluding hydrogens is 488 g/mol. The van der Waals surface area contributed by atoms with Crippen LogP contribution in [0.5, 0.6) is 34.5 Å². The summed E-state index contributed by atoms with van der Waals surface area (Å²) in [4.78, 5) is 0. The minimum atomic E-state index is -2.17. The lowest BCUT2D eigenvalue weighted by molar-refractivity contribution is 0.0952. The van der Waals surface area contributed by atoms with Crippen LogP contribution in [0.1, 0.15) is 51.8 Å². The number of benzene rings is 2. The third-order valence-corrected chi connectivity index (χ3v) is 12.9. The lowest BCUT2D eigenvalue weighted by Crippen LogP contribution is -2.43. The van der Waals surface area contributed by atoms with E-state index in [0.29, 0.717) is 40.4 Å². The summed E-state index contributed by atoms with van der Waals surface area (Å²) in [7, 11) is 4.43. The highest BCUT2D eigenvalue weighted by atomic mass is 28.4. The minimum Gasteiger partial charge on any atom is -0.493 e. The summed E-state index contributed by atoms with van der Waals surface area (Å²) in [5.74, 6) is 4.17. The zero-order chi connectivity index (χ0) is 27.3. The van der Waals surface area contributed by atoms with Crippen LogP contribution in [0.3, 0.4) is 0 Å². The maximum absolute atomic E-state index is 7.23. The quantitative estimate of drug-likeness (QED) is 0.372. The normalized spacial score (nSPS) is 20.9. The molecule has 0 unspecified atom stereocenters. The predicted molar refractivity (Wildman–Crippen MR) is 147 cm³/mol. The van der Waals surface area contributed by atoms with Gasteiger partial charge < -0.3 is 32.8 Å². The SMILES string of the molecule is COc1cc2c(c(OC)c1OC)-c1c(cc3c(c1OC)OCO3)C[C@H](C)[C@H](C)[C@@H]2O[Si](C)(C)C(C)(C)C. The number of fused-ring (bicyclic) bond motifs is 4. The Hall–Kier alpha value is -2.58. The first kappa shape index (κ1) is 27.5. The number of rotatable bonds is 6. The van der Waals surface area contributed by atoms with Gasteiger partial charge in [0.1, 0.15) is 0 Å². The van der Waals surface area contributed by atoms with E-state index >= 15 is 0 Å². The van der Waals surface area contributed by atoms with Crippen LogP contribution in [0.25, 0.3) is 11.1 Å². The molecule has 3 atom stereocenters. The first-order valence-corrected chi connectivity index (χ1v) is 15.8. The van der Waals surface area contributed by atoms with Gasteiger partial charge in [0.05, 0.1) is 34.5 Å². The molecule has 1 aliphatic carbocycles. The van der Waals surface area contributed by atoms with Gasteiger partial charge in [-0.1, -0.05) is 34.6 Å². The summed E-state index contributed by atoms with van der Waals surface area (Å²) in [6, 6.07) is 4.13. The van der Waals surface area contributed by atoms with Gasteiger partial charge in [-0.25, -0.2) is 0 Å². The van der Waals surface area contributed by atoms with Crippen LogP contribution in [0.4, 0.5) is 0 Å². The van der Waals surface area contributed by atoms with E-state index in [1.165, 1.54) is 0 Å². The van der Waals surface area contributed by atoms with Gasteiger partial charge in [0.2, 0.25) is 18.3 Å². The number of hydrogen-bond acceptors (Lipinski definition) is 7. The van der Waals surface area contributed by atoms with Crippen molar-refractivity contribution < 1.29 is 32.8 Å². The Kier molecular flexibility index (Phi) is 7.38. The summed E-state index contributed by atoms with van der Waals surface area (Å²) >= 11 is 0. The largest absolute Gasteiger partial charge is 0.493 e. The average Bonchev–Trinajstić information content (AvgIpc) is 3.31. The molecule has 0 bridgehead atoms. The molecule has 1 aliphatic heterocycles. The van der Waals surface area contributed by atoms with Crippen molar-refractivity contribution in [2.24, 2.45) is 11.8 Å². The molecule has 0 spiro atoms. The van der Waals surface area contributed by atoms with E-state index in [1.807, 2.05) is 0 Å². The molecule has 0 N–H and O–H groups in total. The Morgan fingerprint density at radius 2 is 1.49 bits per heavy atom. The highest BCUT2D eigenvalue weighted by Crippen LogP contribution is 2.59. The van der Waals surface area contributed by atoms with Gasteiger partial charge in [0.15, 0.2) is 31.3 Å². The van der Waals surface area contributed by atoms with Crippen LogP contribution in [0, 0.1) is 11.8 Å². The zero-order valence-electron chi connectivity index (χ0n) is 24.2.